The molecule has 0 radical (unpaired) electrons. The Morgan fingerprint density at radius 1 is 1.44 bits per heavy atom. The van der Waals surface area contributed by atoms with E-state index in [1.54, 1.807) is 17.8 Å². The zero-order valence-electron chi connectivity index (χ0n) is 10.4. The van der Waals surface area contributed by atoms with Crippen LogP contribution < -0.4 is 5.73 Å². The molecule has 0 aliphatic rings. The second-order valence-corrected chi connectivity index (χ2v) is 5.41. The quantitative estimate of drug-likeness (QED) is 0.680. The number of nitrogens with two attached hydrogens (primary N) is 1. The third-order valence-electron chi connectivity index (χ3n) is 2.66. The number of benzene rings is 1. The molecular weight excluding hydrogens is 249 g/mol. The number of halogens is 1. The second kappa shape index (κ2) is 5.44. The van der Waals surface area contributed by atoms with Gasteiger partial charge in [0, 0.05) is 28.6 Å². The second-order valence-electron chi connectivity index (χ2n) is 4.36. The third-order valence-corrected chi connectivity index (χ3v) is 3.69. The van der Waals surface area contributed by atoms with E-state index in [1.807, 2.05) is 18.6 Å². The van der Waals surface area contributed by atoms with Gasteiger partial charge in [0.2, 0.25) is 0 Å². The van der Waals surface area contributed by atoms with Gasteiger partial charge < -0.3 is 10.3 Å². The highest BCUT2D eigenvalue weighted by Gasteiger charge is 2.07. The van der Waals surface area contributed by atoms with Crippen molar-refractivity contribution in [1.82, 2.24) is 9.55 Å². The molecule has 5 heteroatoms. The lowest BCUT2D eigenvalue weighted by molar-refractivity contribution is 0.584. The van der Waals surface area contributed by atoms with Crippen LogP contribution in [0.25, 0.3) is 0 Å². The number of rotatable bonds is 4. The number of imidazole rings is 1. The van der Waals surface area contributed by atoms with E-state index < -0.39 is 0 Å². The molecule has 0 unspecified atom stereocenters. The largest absolute Gasteiger partial charge is 0.396 e. The van der Waals surface area contributed by atoms with Gasteiger partial charge >= 0.3 is 0 Å². The molecular formula is C13H16FN3S. The molecule has 0 aliphatic heterocycles. The zero-order valence-corrected chi connectivity index (χ0v) is 11.2. The predicted molar refractivity (Wildman–Crippen MR) is 73.0 cm³/mol. The predicted octanol–water partition coefficient (Wildman–Crippen LogP) is 3.48. The highest BCUT2D eigenvalue weighted by Crippen LogP contribution is 2.26. The Labute approximate surface area is 110 Å². The van der Waals surface area contributed by atoms with Gasteiger partial charge in [0.05, 0.1) is 12.0 Å². The van der Waals surface area contributed by atoms with Crippen LogP contribution >= 0.6 is 11.8 Å². The van der Waals surface area contributed by atoms with E-state index in [2.05, 4.69) is 23.4 Å². The highest BCUT2D eigenvalue weighted by molar-refractivity contribution is 7.98. The SMILES string of the molecule is CC(C)n1cncc1CSc1ccc(N)c(F)c1. The molecule has 2 aromatic rings. The fourth-order valence-electron chi connectivity index (χ4n) is 1.66. The molecule has 1 aromatic heterocycles. The van der Waals surface area contributed by atoms with Crippen LogP contribution in [0.5, 0.6) is 0 Å². The number of thioether (sulfide) groups is 1. The van der Waals surface area contributed by atoms with Gasteiger partial charge in [0.15, 0.2) is 0 Å². The molecule has 0 atom stereocenters. The Bertz CT molecular complexity index is 537. The maximum absolute atomic E-state index is 13.3. The van der Waals surface area contributed by atoms with E-state index in [0.29, 0.717) is 6.04 Å². The van der Waals surface area contributed by atoms with Gasteiger partial charge in [0.1, 0.15) is 5.82 Å². The lowest BCUT2D eigenvalue weighted by Crippen LogP contribution is -2.02. The minimum absolute atomic E-state index is 0.187. The number of hydrogen-bond acceptors (Lipinski definition) is 3. The summed E-state index contributed by atoms with van der Waals surface area (Å²) in [7, 11) is 0. The average molecular weight is 265 g/mol. The summed E-state index contributed by atoms with van der Waals surface area (Å²) in [5.41, 5.74) is 6.76. The van der Waals surface area contributed by atoms with Crippen molar-refractivity contribution in [2.75, 3.05) is 5.73 Å². The van der Waals surface area contributed by atoms with E-state index in [9.17, 15) is 4.39 Å². The number of aromatic nitrogens is 2. The Hall–Kier alpha value is -1.49. The average Bonchev–Trinajstić information content (AvgIpc) is 2.79. The molecule has 2 rings (SSSR count). The number of nitrogen functional groups attached to an aromatic ring is 1. The fraction of sp³-hybridized carbons (Fsp3) is 0.308. The van der Waals surface area contributed by atoms with Crippen molar-refractivity contribution >= 4 is 17.4 Å². The smallest absolute Gasteiger partial charge is 0.147 e. The number of anilines is 1. The molecule has 96 valence electrons. The highest BCUT2D eigenvalue weighted by atomic mass is 32.2. The molecule has 0 saturated heterocycles. The summed E-state index contributed by atoms with van der Waals surface area (Å²) < 4.78 is 15.4. The Morgan fingerprint density at radius 2 is 2.22 bits per heavy atom. The summed E-state index contributed by atoms with van der Waals surface area (Å²) in [4.78, 5) is 5.02. The molecule has 0 saturated carbocycles. The van der Waals surface area contributed by atoms with Crippen LogP contribution in [0.15, 0.2) is 35.6 Å². The molecule has 0 amide bonds. The summed E-state index contributed by atoms with van der Waals surface area (Å²) in [6.07, 6.45) is 3.67. The molecule has 0 bridgehead atoms. The van der Waals surface area contributed by atoms with Crippen LogP contribution in [0.3, 0.4) is 0 Å². The molecule has 0 spiro atoms. The molecule has 18 heavy (non-hydrogen) atoms. The fourth-order valence-corrected chi connectivity index (χ4v) is 2.55. The molecule has 3 nitrogen and oxygen atoms in total. The summed E-state index contributed by atoms with van der Waals surface area (Å²) >= 11 is 1.58. The summed E-state index contributed by atoms with van der Waals surface area (Å²) in [6.45, 7) is 4.22. The van der Waals surface area contributed by atoms with Gasteiger partial charge in [-0.1, -0.05) is 0 Å². The van der Waals surface area contributed by atoms with E-state index in [4.69, 9.17) is 5.73 Å². The van der Waals surface area contributed by atoms with Crippen LogP contribution in [-0.4, -0.2) is 9.55 Å². The van der Waals surface area contributed by atoms with Gasteiger partial charge in [-0.15, -0.1) is 11.8 Å². The van der Waals surface area contributed by atoms with Crippen molar-refractivity contribution in [3.63, 3.8) is 0 Å². The first-order valence-electron chi connectivity index (χ1n) is 5.76. The normalized spacial score (nSPS) is 11.1. The van der Waals surface area contributed by atoms with E-state index >= 15 is 0 Å². The minimum Gasteiger partial charge on any atom is -0.396 e. The lowest BCUT2D eigenvalue weighted by atomic mass is 10.3. The summed E-state index contributed by atoms with van der Waals surface area (Å²) in [5.74, 6) is 0.402. The lowest BCUT2D eigenvalue weighted by Gasteiger charge is -2.11. The van der Waals surface area contributed by atoms with E-state index in [1.165, 1.54) is 6.07 Å². The van der Waals surface area contributed by atoms with E-state index in [0.717, 1.165) is 16.3 Å². The third kappa shape index (κ3) is 2.85. The van der Waals surface area contributed by atoms with Gasteiger partial charge in [-0.2, -0.15) is 0 Å². The van der Waals surface area contributed by atoms with Gasteiger partial charge in [-0.05, 0) is 32.0 Å². The maximum Gasteiger partial charge on any atom is 0.147 e. The van der Waals surface area contributed by atoms with Crippen LogP contribution in [0.4, 0.5) is 10.1 Å². The first-order chi connectivity index (χ1) is 8.58. The Balaban J connectivity index is 2.07. The number of hydrogen-bond donors (Lipinski definition) is 1. The van der Waals surface area contributed by atoms with Crippen LogP contribution in [0, 0.1) is 5.82 Å². The van der Waals surface area contributed by atoms with Gasteiger partial charge in [-0.3, -0.25) is 0 Å². The topological polar surface area (TPSA) is 43.8 Å². The minimum atomic E-state index is -0.364. The number of nitrogens with zero attached hydrogens (tertiary/aromatic N) is 2. The van der Waals surface area contributed by atoms with Crippen molar-refractivity contribution in [3.8, 4) is 0 Å². The van der Waals surface area contributed by atoms with Crippen molar-refractivity contribution in [2.24, 2.45) is 0 Å². The van der Waals surface area contributed by atoms with Crippen LogP contribution in [0.2, 0.25) is 0 Å². The van der Waals surface area contributed by atoms with Crippen molar-refractivity contribution in [2.45, 2.75) is 30.5 Å². The Kier molecular flexibility index (Phi) is 3.91. The van der Waals surface area contributed by atoms with Crippen LogP contribution in [-0.2, 0) is 5.75 Å². The monoisotopic (exact) mass is 265 g/mol. The maximum atomic E-state index is 13.3. The molecule has 1 aromatic carbocycles. The van der Waals surface area contributed by atoms with Crippen molar-refractivity contribution in [3.05, 3.63) is 42.2 Å². The zero-order chi connectivity index (χ0) is 13.1. The molecule has 0 aliphatic carbocycles. The van der Waals surface area contributed by atoms with E-state index in [-0.39, 0.29) is 11.5 Å². The van der Waals surface area contributed by atoms with Crippen molar-refractivity contribution in [1.29, 1.82) is 0 Å². The first kappa shape index (κ1) is 13.0. The first-order valence-corrected chi connectivity index (χ1v) is 6.75. The standard InChI is InChI=1S/C13H16FN3S/c1-9(2)17-8-16-6-10(17)7-18-11-3-4-13(15)12(14)5-11/h3-6,8-9H,7,15H2,1-2H3. The summed E-state index contributed by atoms with van der Waals surface area (Å²) in [5, 5.41) is 0. The molecule has 1 heterocycles. The van der Waals surface area contributed by atoms with Gasteiger partial charge in [-0.25, -0.2) is 9.37 Å². The Morgan fingerprint density at radius 3 is 2.89 bits per heavy atom. The summed E-state index contributed by atoms with van der Waals surface area (Å²) in [6, 6.07) is 5.28. The molecule has 2 N–H and O–H groups in total. The van der Waals surface area contributed by atoms with Crippen molar-refractivity contribution < 1.29 is 4.39 Å². The molecule has 0 fully saturated rings. The van der Waals surface area contributed by atoms with Gasteiger partial charge in [0.25, 0.3) is 0 Å². The van der Waals surface area contributed by atoms with Crippen LogP contribution in [0.1, 0.15) is 25.6 Å².